The lowest BCUT2D eigenvalue weighted by Crippen LogP contribution is -2.09. The molecule has 0 saturated carbocycles. The van der Waals surface area contributed by atoms with Crippen LogP contribution in [0.25, 0.3) is 0 Å². The summed E-state index contributed by atoms with van der Waals surface area (Å²) in [6.07, 6.45) is 0. The van der Waals surface area contributed by atoms with E-state index in [4.69, 9.17) is 21.1 Å². The summed E-state index contributed by atoms with van der Waals surface area (Å²) in [4.78, 5) is 4.43. The van der Waals surface area contributed by atoms with Gasteiger partial charge in [-0.05, 0) is 32.2 Å². The van der Waals surface area contributed by atoms with Gasteiger partial charge in [-0.15, -0.1) is 0 Å². The molecule has 0 saturated heterocycles. The Morgan fingerprint density at radius 2 is 2.10 bits per heavy atom. The molecule has 0 unspecified atom stereocenters. The van der Waals surface area contributed by atoms with Gasteiger partial charge in [0, 0.05) is 28.9 Å². The summed E-state index contributed by atoms with van der Waals surface area (Å²) < 4.78 is 11.3. The van der Waals surface area contributed by atoms with Gasteiger partial charge in [-0.1, -0.05) is 17.7 Å². The van der Waals surface area contributed by atoms with Crippen molar-refractivity contribution in [3.8, 4) is 11.5 Å². The fraction of sp³-hybridized carbons (Fsp3) is 0.312. The van der Waals surface area contributed by atoms with Gasteiger partial charge >= 0.3 is 0 Å². The summed E-state index contributed by atoms with van der Waals surface area (Å²) in [5, 5.41) is 3.72. The zero-order valence-electron chi connectivity index (χ0n) is 12.4. The van der Waals surface area contributed by atoms with Crippen molar-refractivity contribution in [2.24, 2.45) is 0 Å². The lowest BCUT2D eigenvalue weighted by molar-refractivity contribution is 0.277. The van der Waals surface area contributed by atoms with Crippen molar-refractivity contribution in [1.82, 2.24) is 10.3 Å². The van der Waals surface area contributed by atoms with Crippen LogP contribution in [0.15, 0.2) is 30.3 Å². The van der Waals surface area contributed by atoms with E-state index in [2.05, 4.69) is 10.3 Å². The van der Waals surface area contributed by atoms with Gasteiger partial charge in [-0.3, -0.25) is 4.98 Å². The van der Waals surface area contributed by atoms with Gasteiger partial charge in [-0.25, -0.2) is 0 Å². The highest BCUT2D eigenvalue weighted by Gasteiger charge is 2.13. The standard InChI is InChI=1S/C16H19ClN2O2/c1-11-5-4-6-14(19-11)10-21-16-12(9-18-2)7-13(17)8-15(16)20-3/h4-8,18H,9-10H2,1-3H3. The van der Waals surface area contributed by atoms with E-state index >= 15 is 0 Å². The van der Waals surface area contributed by atoms with Gasteiger partial charge < -0.3 is 14.8 Å². The third-order valence-electron chi connectivity index (χ3n) is 2.99. The van der Waals surface area contributed by atoms with Crippen LogP contribution in [0, 0.1) is 6.92 Å². The van der Waals surface area contributed by atoms with Crippen LogP contribution in [0.5, 0.6) is 11.5 Å². The molecule has 2 aromatic rings. The van der Waals surface area contributed by atoms with Crippen molar-refractivity contribution in [3.05, 3.63) is 52.3 Å². The van der Waals surface area contributed by atoms with Crippen LogP contribution in [0.4, 0.5) is 0 Å². The van der Waals surface area contributed by atoms with E-state index < -0.39 is 0 Å². The Balaban J connectivity index is 2.25. The zero-order chi connectivity index (χ0) is 15.2. The molecule has 2 rings (SSSR count). The number of rotatable bonds is 6. The second-order valence-corrected chi connectivity index (χ2v) is 5.12. The number of aryl methyl sites for hydroxylation is 1. The topological polar surface area (TPSA) is 43.4 Å². The predicted molar refractivity (Wildman–Crippen MR) is 84.1 cm³/mol. The summed E-state index contributed by atoms with van der Waals surface area (Å²) in [6.45, 7) is 2.99. The van der Waals surface area contributed by atoms with Gasteiger partial charge in [0.1, 0.15) is 6.61 Å². The Morgan fingerprint density at radius 3 is 2.76 bits per heavy atom. The minimum Gasteiger partial charge on any atom is -0.493 e. The zero-order valence-corrected chi connectivity index (χ0v) is 13.2. The highest BCUT2D eigenvalue weighted by atomic mass is 35.5. The number of hydrogen-bond donors (Lipinski definition) is 1. The molecule has 0 aliphatic heterocycles. The Hall–Kier alpha value is -1.78. The molecule has 0 bridgehead atoms. The first kappa shape index (κ1) is 15.6. The Bertz CT molecular complexity index is 617. The second kappa shape index (κ2) is 7.29. The summed E-state index contributed by atoms with van der Waals surface area (Å²) in [5.74, 6) is 1.32. The molecule has 5 heteroatoms. The number of aromatic nitrogens is 1. The first-order valence-corrected chi connectivity index (χ1v) is 7.08. The van der Waals surface area contributed by atoms with Crippen LogP contribution < -0.4 is 14.8 Å². The lowest BCUT2D eigenvalue weighted by Gasteiger charge is -2.15. The van der Waals surface area contributed by atoms with Crippen LogP contribution in [-0.2, 0) is 13.2 Å². The summed E-state index contributed by atoms with van der Waals surface area (Å²) in [6, 6.07) is 9.49. The first-order chi connectivity index (χ1) is 10.1. The molecule has 0 spiro atoms. The Labute approximate surface area is 130 Å². The average molecular weight is 307 g/mol. The minimum atomic E-state index is 0.385. The second-order valence-electron chi connectivity index (χ2n) is 4.69. The van der Waals surface area contributed by atoms with Crippen LogP contribution in [0.2, 0.25) is 5.02 Å². The number of benzene rings is 1. The molecule has 4 nitrogen and oxygen atoms in total. The van der Waals surface area contributed by atoms with Gasteiger partial charge in [0.2, 0.25) is 0 Å². The van der Waals surface area contributed by atoms with E-state index in [1.54, 1.807) is 13.2 Å². The van der Waals surface area contributed by atoms with Crippen molar-refractivity contribution < 1.29 is 9.47 Å². The number of nitrogens with one attached hydrogen (secondary N) is 1. The number of hydrogen-bond acceptors (Lipinski definition) is 4. The van der Waals surface area contributed by atoms with Crippen LogP contribution in [0.3, 0.4) is 0 Å². The van der Waals surface area contributed by atoms with E-state index in [1.165, 1.54) is 0 Å². The van der Waals surface area contributed by atoms with Crippen molar-refractivity contribution in [1.29, 1.82) is 0 Å². The monoisotopic (exact) mass is 306 g/mol. The summed E-state index contributed by atoms with van der Waals surface area (Å²) >= 11 is 6.10. The number of nitrogens with zero attached hydrogens (tertiary/aromatic N) is 1. The van der Waals surface area contributed by atoms with Crippen LogP contribution >= 0.6 is 11.6 Å². The van der Waals surface area contributed by atoms with Gasteiger partial charge in [0.15, 0.2) is 11.5 Å². The molecule has 0 aliphatic rings. The summed E-state index contributed by atoms with van der Waals surface area (Å²) in [7, 11) is 3.48. The fourth-order valence-corrected chi connectivity index (χ4v) is 2.32. The molecule has 21 heavy (non-hydrogen) atoms. The van der Waals surface area contributed by atoms with E-state index in [-0.39, 0.29) is 0 Å². The van der Waals surface area contributed by atoms with Crippen LogP contribution in [-0.4, -0.2) is 19.1 Å². The normalized spacial score (nSPS) is 10.5. The molecule has 1 N–H and O–H groups in total. The third-order valence-corrected chi connectivity index (χ3v) is 3.21. The van der Waals surface area contributed by atoms with Gasteiger partial charge in [-0.2, -0.15) is 0 Å². The lowest BCUT2D eigenvalue weighted by atomic mass is 10.2. The average Bonchev–Trinajstić information content (AvgIpc) is 2.46. The smallest absolute Gasteiger partial charge is 0.166 e. The predicted octanol–water partition coefficient (Wildman–Crippen LogP) is 3.35. The van der Waals surface area contributed by atoms with E-state index in [0.29, 0.717) is 29.7 Å². The SMILES string of the molecule is CNCc1cc(Cl)cc(OC)c1OCc1cccc(C)n1. The molecular formula is C16H19ClN2O2. The molecular weight excluding hydrogens is 288 g/mol. The number of ether oxygens (including phenoxy) is 2. The highest BCUT2D eigenvalue weighted by molar-refractivity contribution is 6.30. The largest absolute Gasteiger partial charge is 0.493 e. The highest BCUT2D eigenvalue weighted by Crippen LogP contribution is 2.35. The quantitative estimate of drug-likeness (QED) is 0.889. The van der Waals surface area contributed by atoms with Crippen LogP contribution in [0.1, 0.15) is 17.0 Å². The Morgan fingerprint density at radius 1 is 1.29 bits per heavy atom. The number of methoxy groups -OCH3 is 1. The number of halogens is 1. The summed E-state index contributed by atoms with van der Waals surface area (Å²) in [5.41, 5.74) is 2.80. The molecule has 1 aromatic carbocycles. The van der Waals surface area contributed by atoms with Gasteiger partial charge in [0.25, 0.3) is 0 Å². The molecule has 112 valence electrons. The van der Waals surface area contributed by atoms with E-state index in [9.17, 15) is 0 Å². The maximum Gasteiger partial charge on any atom is 0.166 e. The van der Waals surface area contributed by atoms with Crippen molar-refractivity contribution in [2.45, 2.75) is 20.1 Å². The van der Waals surface area contributed by atoms with E-state index in [1.807, 2.05) is 38.2 Å². The molecule has 0 amide bonds. The first-order valence-electron chi connectivity index (χ1n) is 6.70. The van der Waals surface area contributed by atoms with E-state index in [0.717, 1.165) is 17.0 Å². The van der Waals surface area contributed by atoms with Crippen molar-refractivity contribution in [3.63, 3.8) is 0 Å². The maximum absolute atomic E-state index is 6.10. The van der Waals surface area contributed by atoms with Crippen molar-refractivity contribution >= 4 is 11.6 Å². The molecule has 0 atom stereocenters. The van der Waals surface area contributed by atoms with Gasteiger partial charge in [0.05, 0.1) is 12.8 Å². The minimum absolute atomic E-state index is 0.385. The molecule has 1 heterocycles. The maximum atomic E-state index is 6.10. The third kappa shape index (κ3) is 4.09. The fourth-order valence-electron chi connectivity index (χ4n) is 2.09. The molecule has 0 fully saturated rings. The molecule has 1 aromatic heterocycles. The van der Waals surface area contributed by atoms with Crippen molar-refractivity contribution in [2.75, 3.05) is 14.2 Å². The molecule has 0 aliphatic carbocycles. The number of pyridine rings is 1. The Kier molecular flexibility index (Phi) is 5.42. The molecule has 0 radical (unpaired) electrons.